The number of hydrogen-bond acceptors (Lipinski definition) is 6. The summed E-state index contributed by atoms with van der Waals surface area (Å²) in [6.07, 6.45) is 13.8. The van der Waals surface area contributed by atoms with E-state index in [1.165, 1.54) is 39.2 Å². The number of carbonyl (C=O) groups excluding carboxylic acids is 1. The van der Waals surface area contributed by atoms with E-state index in [0.717, 1.165) is 36.9 Å². The summed E-state index contributed by atoms with van der Waals surface area (Å²) in [6, 6.07) is 5.29. The van der Waals surface area contributed by atoms with E-state index in [1.807, 2.05) is 23.1 Å². The van der Waals surface area contributed by atoms with E-state index in [1.54, 1.807) is 25.4 Å². The summed E-state index contributed by atoms with van der Waals surface area (Å²) >= 11 is 0. The van der Waals surface area contributed by atoms with Crippen LogP contribution in [0.15, 0.2) is 36.8 Å². The molecule has 0 aliphatic rings. The number of pyridine rings is 2. The molecular formula is C23H30N4O3. The Morgan fingerprint density at radius 3 is 2.43 bits per heavy atom. The first-order chi connectivity index (χ1) is 14.7. The number of methoxy groups -OCH3 is 2. The van der Waals surface area contributed by atoms with E-state index >= 15 is 0 Å². The van der Waals surface area contributed by atoms with Gasteiger partial charge in [-0.25, -0.2) is 4.79 Å². The Kier molecular flexibility index (Phi) is 8.32. The smallest absolute Gasteiger partial charge is 0.337 e. The lowest BCUT2D eigenvalue weighted by Gasteiger charge is -2.06. The summed E-state index contributed by atoms with van der Waals surface area (Å²) in [5.74, 6) is -0.387. The monoisotopic (exact) mass is 410 g/mol. The van der Waals surface area contributed by atoms with Gasteiger partial charge in [0.25, 0.3) is 0 Å². The molecule has 3 aromatic heterocycles. The lowest BCUT2D eigenvalue weighted by molar-refractivity contribution is 0.0600. The van der Waals surface area contributed by atoms with E-state index in [4.69, 9.17) is 9.47 Å². The second kappa shape index (κ2) is 11.4. The largest absolute Gasteiger partial charge is 0.465 e. The van der Waals surface area contributed by atoms with E-state index in [-0.39, 0.29) is 5.97 Å². The average molecular weight is 411 g/mol. The molecule has 0 aliphatic heterocycles. The lowest BCUT2D eigenvalue weighted by Crippen LogP contribution is -2.02. The number of fused-ring (bicyclic) bond motifs is 1. The molecule has 0 N–H and O–H groups in total. The number of carbonyl (C=O) groups is 1. The third-order valence-electron chi connectivity index (χ3n) is 5.19. The fraction of sp³-hybridized carbons (Fsp3) is 0.478. The fourth-order valence-corrected chi connectivity index (χ4v) is 3.50. The van der Waals surface area contributed by atoms with Gasteiger partial charge in [-0.3, -0.25) is 14.6 Å². The maximum Gasteiger partial charge on any atom is 0.337 e. The molecule has 0 bridgehead atoms. The predicted molar refractivity (Wildman–Crippen MR) is 116 cm³/mol. The van der Waals surface area contributed by atoms with Crippen molar-refractivity contribution in [3.05, 3.63) is 42.4 Å². The molecule has 30 heavy (non-hydrogen) atoms. The first-order valence-corrected chi connectivity index (χ1v) is 10.6. The van der Waals surface area contributed by atoms with Gasteiger partial charge in [0.1, 0.15) is 0 Å². The quantitative estimate of drug-likeness (QED) is 0.319. The molecule has 0 unspecified atom stereocenters. The minimum atomic E-state index is -0.387. The maximum atomic E-state index is 11.7. The van der Waals surface area contributed by atoms with Crippen LogP contribution in [0.1, 0.15) is 55.3 Å². The Morgan fingerprint density at radius 1 is 0.933 bits per heavy atom. The average Bonchev–Trinajstić information content (AvgIpc) is 3.19. The van der Waals surface area contributed by atoms with E-state index in [2.05, 4.69) is 15.1 Å². The Bertz CT molecular complexity index is 955. The van der Waals surface area contributed by atoms with Crippen LogP contribution in [0.5, 0.6) is 0 Å². The van der Waals surface area contributed by atoms with Crippen LogP contribution >= 0.6 is 0 Å². The van der Waals surface area contributed by atoms with E-state index in [0.29, 0.717) is 17.0 Å². The number of rotatable bonds is 12. The zero-order chi connectivity index (χ0) is 21.2. The first kappa shape index (κ1) is 21.9. The van der Waals surface area contributed by atoms with Crippen LogP contribution in [0.2, 0.25) is 0 Å². The summed E-state index contributed by atoms with van der Waals surface area (Å²) in [6.45, 7) is 1.76. The van der Waals surface area contributed by atoms with Gasteiger partial charge in [0.15, 0.2) is 0 Å². The lowest BCUT2D eigenvalue weighted by atomic mass is 10.1. The zero-order valence-corrected chi connectivity index (χ0v) is 17.8. The Labute approximate surface area is 177 Å². The van der Waals surface area contributed by atoms with Gasteiger partial charge >= 0.3 is 5.97 Å². The molecule has 0 aromatic carbocycles. The van der Waals surface area contributed by atoms with Crippen LogP contribution in [0, 0.1) is 0 Å². The Balaban J connectivity index is 1.54. The number of nitrogens with zero attached hydrogens (tertiary/aromatic N) is 4. The van der Waals surface area contributed by atoms with Gasteiger partial charge in [0.2, 0.25) is 0 Å². The van der Waals surface area contributed by atoms with Gasteiger partial charge in [-0.2, -0.15) is 5.10 Å². The highest BCUT2D eigenvalue weighted by atomic mass is 16.5. The molecule has 3 rings (SSSR count). The van der Waals surface area contributed by atoms with Crippen molar-refractivity contribution in [1.29, 1.82) is 0 Å². The maximum absolute atomic E-state index is 11.7. The molecule has 160 valence electrons. The SMILES string of the molecule is COCCCCCCCCCn1ncc2cc(-c3cc(C(=O)OC)ccn3)ncc21. The number of ether oxygens (including phenoxy) is 2. The van der Waals surface area contributed by atoms with Crippen LogP contribution < -0.4 is 0 Å². The molecule has 0 atom stereocenters. The summed E-state index contributed by atoms with van der Waals surface area (Å²) in [7, 11) is 3.12. The first-order valence-electron chi connectivity index (χ1n) is 10.6. The minimum absolute atomic E-state index is 0.387. The molecule has 7 heteroatoms. The van der Waals surface area contributed by atoms with Crippen LogP contribution in [0.25, 0.3) is 22.3 Å². The predicted octanol–water partition coefficient (Wildman–Crippen LogP) is 4.66. The molecule has 0 aliphatic carbocycles. The molecule has 0 fully saturated rings. The molecule has 0 saturated heterocycles. The minimum Gasteiger partial charge on any atom is -0.465 e. The molecule has 7 nitrogen and oxygen atoms in total. The van der Waals surface area contributed by atoms with Crippen molar-refractivity contribution in [1.82, 2.24) is 19.7 Å². The number of aromatic nitrogens is 4. The molecule has 0 radical (unpaired) electrons. The van der Waals surface area contributed by atoms with Crippen molar-refractivity contribution >= 4 is 16.9 Å². The fourth-order valence-electron chi connectivity index (χ4n) is 3.50. The summed E-state index contributed by atoms with van der Waals surface area (Å²) in [5, 5.41) is 5.54. The molecule has 0 spiro atoms. The van der Waals surface area contributed by atoms with Gasteiger partial charge in [-0.15, -0.1) is 0 Å². The molecular weight excluding hydrogens is 380 g/mol. The Hall–Kier alpha value is -2.80. The molecule has 3 heterocycles. The van der Waals surface area contributed by atoms with Crippen molar-refractivity contribution in [2.45, 2.75) is 51.5 Å². The topological polar surface area (TPSA) is 79.1 Å². The standard InChI is InChI=1S/C23H30N4O3/c1-29-13-9-7-5-3-4-6-8-12-27-22-17-25-21(15-19(22)16-26-27)20-14-18(10-11-24-20)23(28)30-2/h10-11,14-17H,3-9,12-13H2,1-2H3. The van der Waals surface area contributed by atoms with Crippen molar-refractivity contribution in [3.8, 4) is 11.4 Å². The third kappa shape index (κ3) is 5.86. The molecule has 0 amide bonds. The highest BCUT2D eigenvalue weighted by Gasteiger charge is 2.11. The Morgan fingerprint density at radius 2 is 1.67 bits per heavy atom. The number of hydrogen-bond donors (Lipinski definition) is 0. The van der Waals surface area contributed by atoms with Crippen molar-refractivity contribution < 1.29 is 14.3 Å². The van der Waals surface area contributed by atoms with Crippen molar-refractivity contribution in [2.75, 3.05) is 20.8 Å². The van der Waals surface area contributed by atoms with Gasteiger partial charge in [0, 0.05) is 31.8 Å². The molecule has 3 aromatic rings. The van der Waals surface area contributed by atoms with Crippen LogP contribution in [-0.2, 0) is 16.0 Å². The zero-order valence-electron chi connectivity index (χ0n) is 17.8. The van der Waals surface area contributed by atoms with Crippen LogP contribution in [-0.4, -0.2) is 46.5 Å². The number of esters is 1. The van der Waals surface area contributed by atoms with Crippen molar-refractivity contribution in [2.24, 2.45) is 0 Å². The van der Waals surface area contributed by atoms with E-state index < -0.39 is 0 Å². The van der Waals surface area contributed by atoms with Crippen LogP contribution in [0.3, 0.4) is 0 Å². The highest BCUT2D eigenvalue weighted by molar-refractivity contribution is 5.90. The number of unbranched alkanes of at least 4 members (excludes halogenated alkanes) is 6. The van der Waals surface area contributed by atoms with Gasteiger partial charge < -0.3 is 9.47 Å². The second-order valence-electron chi connectivity index (χ2n) is 7.39. The normalized spacial score (nSPS) is 11.1. The summed E-state index contributed by atoms with van der Waals surface area (Å²) in [5.41, 5.74) is 2.82. The van der Waals surface area contributed by atoms with E-state index in [9.17, 15) is 4.79 Å². The highest BCUT2D eigenvalue weighted by Crippen LogP contribution is 2.22. The van der Waals surface area contributed by atoms with Crippen LogP contribution in [0.4, 0.5) is 0 Å². The molecule has 0 saturated carbocycles. The number of aryl methyl sites for hydroxylation is 1. The summed E-state index contributed by atoms with van der Waals surface area (Å²) in [4.78, 5) is 20.6. The second-order valence-corrected chi connectivity index (χ2v) is 7.39. The van der Waals surface area contributed by atoms with Gasteiger partial charge in [0.05, 0.1) is 42.0 Å². The van der Waals surface area contributed by atoms with Crippen molar-refractivity contribution in [3.63, 3.8) is 0 Å². The van der Waals surface area contributed by atoms with Gasteiger partial charge in [-0.05, 0) is 31.0 Å². The third-order valence-corrected chi connectivity index (χ3v) is 5.19. The summed E-state index contributed by atoms with van der Waals surface area (Å²) < 4.78 is 11.9. The van der Waals surface area contributed by atoms with Gasteiger partial charge in [-0.1, -0.05) is 32.1 Å².